The van der Waals surface area contributed by atoms with Gasteiger partial charge >= 0.3 is 0 Å². The van der Waals surface area contributed by atoms with Crippen molar-refractivity contribution < 1.29 is 34.8 Å². The molecule has 1 amide bonds. The summed E-state index contributed by atoms with van der Waals surface area (Å²) in [5.74, 6) is -0.664. The number of phenolic OH excluding ortho intramolecular Hbond substituents is 1. The number of aliphatic hydroxyl groups is 3. The van der Waals surface area contributed by atoms with Crippen LogP contribution in [0, 0.1) is 23.7 Å². The van der Waals surface area contributed by atoms with Crippen LogP contribution in [-0.4, -0.2) is 94.1 Å². The number of Topliss-reactive ketones (excluding diaryl/α,β-unsaturated/α-hetero) is 2. The highest BCUT2D eigenvalue weighted by molar-refractivity contribution is 6.24. The number of carbonyl (C=O) groups excluding carboxylic acids is 3. The monoisotopic (exact) mass is 495 g/mol. The zero-order valence-corrected chi connectivity index (χ0v) is 20.5. The quantitative estimate of drug-likeness (QED) is 0.284. The molecule has 0 saturated heterocycles. The molecule has 1 saturated carbocycles. The van der Waals surface area contributed by atoms with Gasteiger partial charge in [-0.25, -0.2) is 0 Å². The van der Waals surface area contributed by atoms with Crippen molar-refractivity contribution in [1.82, 2.24) is 9.80 Å². The number of primary amides is 1. The number of fused-ring (bicyclic) bond motifs is 3. The molecule has 0 spiro atoms. The van der Waals surface area contributed by atoms with Crippen LogP contribution in [0.3, 0.4) is 0 Å². The van der Waals surface area contributed by atoms with Gasteiger partial charge in [-0.05, 0) is 64.6 Å². The van der Waals surface area contributed by atoms with Gasteiger partial charge in [-0.3, -0.25) is 24.2 Å². The Bertz CT molecular complexity index is 1310. The van der Waals surface area contributed by atoms with Crippen LogP contribution in [0.2, 0.25) is 0 Å². The smallest absolute Gasteiger partial charge is 0.255 e. The van der Waals surface area contributed by atoms with Crippen molar-refractivity contribution in [2.75, 3.05) is 34.7 Å². The van der Waals surface area contributed by atoms with Gasteiger partial charge in [0, 0.05) is 17.1 Å². The Morgan fingerprint density at radius 2 is 1.83 bits per heavy atom. The maximum atomic E-state index is 13.8. The van der Waals surface area contributed by atoms with Gasteiger partial charge in [0.05, 0.1) is 18.2 Å². The highest BCUT2D eigenvalue weighted by Crippen LogP contribution is 2.52. The van der Waals surface area contributed by atoms with Crippen molar-refractivity contribution in [2.24, 2.45) is 17.6 Å². The van der Waals surface area contributed by atoms with Gasteiger partial charge in [-0.2, -0.15) is 0 Å². The van der Waals surface area contributed by atoms with Gasteiger partial charge in [0.15, 0.2) is 11.4 Å². The molecule has 0 heterocycles. The second-order valence-corrected chi connectivity index (χ2v) is 9.99. The third-order valence-corrected chi connectivity index (χ3v) is 7.22. The maximum absolute atomic E-state index is 13.8. The molecule has 0 bridgehead atoms. The second-order valence-electron chi connectivity index (χ2n) is 9.99. The number of aromatic hydroxyl groups is 1. The van der Waals surface area contributed by atoms with E-state index in [1.165, 1.54) is 11.0 Å². The van der Waals surface area contributed by atoms with E-state index >= 15 is 0 Å². The molecule has 1 aromatic rings. The molecule has 0 radical (unpaired) electrons. The Labute approximate surface area is 208 Å². The number of nitrogens with zero attached hydrogens (tertiary/aromatic N) is 2. The summed E-state index contributed by atoms with van der Waals surface area (Å²) in [4.78, 5) is 42.3. The molecule has 190 valence electrons. The molecule has 0 aromatic heterocycles. The molecule has 6 N–H and O–H groups in total. The van der Waals surface area contributed by atoms with Crippen molar-refractivity contribution in [3.63, 3.8) is 0 Å². The summed E-state index contributed by atoms with van der Waals surface area (Å²) in [6, 6.07) is 1.88. The van der Waals surface area contributed by atoms with E-state index in [2.05, 4.69) is 11.8 Å². The van der Waals surface area contributed by atoms with Crippen molar-refractivity contribution in [1.29, 1.82) is 0 Å². The van der Waals surface area contributed by atoms with Crippen molar-refractivity contribution in [3.8, 4) is 17.6 Å². The summed E-state index contributed by atoms with van der Waals surface area (Å²) in [6.45, 7) is 0.486. The molecular weight excluding hydrogens is 466 g/mol. The molecular formula is C26H29N3O7. The molecule has 10 nitrogen and oxygen atoms in total. The molecule has 4 rings (SSSR count). The maximum Gasteiger partial charge on any atom is 0.255 e. The second kappa shape index (κ2) is 8.78. The van der Waals surface area contributed by atoms with Gasteiger partial charge in [-0.15, -0.1) is 0 Å². The predicted molar refractivity (Wildman–Crippen MR) is 130 cm³/mol. The van der Waals surface area contributed by atoms with E-state index in [9.17, 15) is 34.8 Å². The summed E-state index contributed by atoms with van der Waals surface area (Å²) in [5.41, 5.74) is 2.81. The van der Waals surface area contributed by atoms with Gasteiger partial charge in [0.1, 0.15) is 22.8 Å². The minimum absolute atomic E-state index is 0.0305. The number of likely N-dealkylation sites (N-methyl/N-ethyl adjacent to an activating group) is 1. The van der Waals surface area contributed by atoms with Crippen LogP contribution in [0.1, 0.15) is 23.1 Å². The Kier molecular flexibility index (Phi) is 6.21. The lowest BCUT2D eigenvalue weighted by Gasteiger charge is -2.50. The highest BCUT2D eigenvalue weighted by atomic mass is 16.3. The number of carbonyl (C=O) groups is 3. The van der Waals surface area contributed by atoms with Crippen molar-refractivity contribution in [3.05, 3.63) is 45.7 Å². The van der Waals surface area contributed by atoms with Gasteiger partial charge in [0.2, 0.25) is 5.78 Å². The standard InChI is InChI=1S/C26H29N3O7/c1-28(2)9-5-6-12-7-8-16(30)18-14(12)10-13-11-15-20(29(3)4)22(32)19(25(27)35)24(34)26(15,36)23(33)17(13)21(18)31/h7-8,13,15,20,30-31,34,36H,9-11H2,1-4H3,(H2,27,35)/t13?,15?,20?,26-/m0/s1. The van der Waals surface area contributed by atoms with Crippen LogP contribution in [0.5, 0.6) is 5.75 Å². The lowest BCUT2D eigenvalue weighted by molar-refractivity contribution is -0.153. The fraction of sp³-hybridized carbons (Fsp3) is 0.423. The van der Waals surface area contributed by atoms with Gasteiger partial charge in [-0.1, -0.05) is 11.8 Å². The van der Waals surface area contributed by atoms with Crippen LogP contribution in [0.4, 0.5) is 0 Å². The van der Waals surface area contributed by atoms with Crippen LogP contribution < -0.4 is 5.73 Å². The Morgan fingerprint density at radius 1 is 1.17 bits per heavy atom. The molecule has 4 atom stereocenters. The number of rotatable bonds is 3. The third-order valence-electron chi connectivity index (χ3n) is 7.22. The Hall–Kier alpha value is -3.65. The minimum Gasteiger partial charge on any atom is -0.508 e. The number of hydrogen-bond acceptors (Lipinski definition) is 9. The van der Waals surface area contributed by atoms with E-state index in [-0.39, 0.29) is 29.7 Å². The fourth-order valence-electron chi connectivity index (χ4n) is 5.65. The number of aliphatic hydroxyl groups excluding tert-OH is 2. The van der Waals surface area contributed by atoms with Crippen molar-refractivity contribution >= 4 is 23.2 Å². The number of ketones is 2. The largest absolute Gasteiger partial charge is 0.508 e. The van der Waals surface area contributed by atoms with Crippen LogP contribution in [0.25, 0.3) is 5.76 Å². The fourth-order valence-corrected chi connectivity index (χ4v) is 5.65. The SMILES string of the molecule is CN(C)CC#Cc1ccc(O)c2c1CC1CC3C(N(C)C)C(=O)C(C(N)=O)=C(O)[C@@]3(O)C(=O)C1=C2O. The Balaban J connectivity index is 1.93. The number of hydrogen-bond donors (Lipinski definition) is 5. The number of phenols is 1. The molecule has 1 aromatic carbocycles. The summed E-state index contributed by atoms with van der Waals surface area (Å²) < 4.78 is 0. The van der Waals surface area contributed by atoms with E-state index in [1.54, 1.807) is 20.2 Å². The average Bonchev–Trinajstić information content (AvgIpc) is 2.77. The Morgan fingerprint density at radius 3 is 2.42 bits per heavy atom. The first-order valence-corrected chi connectivity index (χ1v) is 11.5. The molecule has 36 heavy (non-hydrogen) atoms. The normalized spacial score (nSPS) is 27.5. The summed E-state index contributed by atoms with van der Waals surface area (Å²) in [7, 11) is 6.86. The van der Waals surface area contributed by atoms with Crippen molar-refractivity contribution in [2.45, 2.75) is 24.5 Å². The van der Waals surface area contributed by atoms with E-state index in [4.69, 9.17) is 5.73 Å². The molecule has 3 aliphatic carbocycles. The average molecular weight is 496 g/mol. The number of nitrogens with two attached hydrogens (primary N) is 1. The summed E-state index contributed by atoms with van der Waals surface area (Å²) >= 11 is 0. The van der Waals surface area contributed by atoms with E-state index in [0.717, 1.165) is 0 Å². The highest BCUT2D eigenvalue weighted by Gasteiger charge is 2.64. The molecule has 1 fully saturated rings. The van der Waals surface area contributed by atoms with Gasteiger partial charge < -0.3 is 26.2 Å². The third kappa shape index (κ3) is 3.59. The number of benzene rings is 1. The first-order chi connectivity index (χ1) is 16.8. The zero-order valence-electron chi connectivity index (χ0n) is 20.5. The first-order valence-electron chi connectivity index (χ1n) is 11.5. The molecule has 3 unspecified atom stereocenters. The molecule has 3 aliphatic rings. The zero-order chi connectivity index (χ0) is 26.7. The van der Waals surface area contributed by atoms with Crippen LogP contribution >= 0.6 is 0 Å². The van der Waals surface area contributed by atoms with Crippen LogP contribution in [0.15, 0.2) is 29.0 Å². The minimum atomic E-state index is -2.65. The predicted octanol–water partition coefficient (Wildman–Crippen LogP) is -0.123. The molecule has 10 heteroatoms. The lowest BCUT2D eigenvalue weighted by Crippen LogP contribution is -2.65. The molecule has 0 aliphatic heterocycles. The number of amides is 1. The van der Waals surface area contributed by atoms with E-state index < -0.39 is 58.0 Å². The van der Waals surface area contributed by atoms with E-state index in [1.807, 2.05) is 19.0 Å². The van der Waals surface area contributed by atoms with Crippen LogP contribution in [-0.2, 0) is 20.8 Å². The van der Waals surface area contributed by atoms with E-state index in [0.29, 0.717) is 17.7 Å². The topological polar surface area (TPSA) is 165 Å². The van der Waals surface area contributed by atoms with Gasteiger partial charge in [0.25, 0.3) is 5.91 Å². The summed E-state index contributed by atoms with van der Waals surface area (Å²) in [5, 5.41) is 44.2. The summed E-state index contributed by atoms with van der Waals surface area (Å²) in [6.07, 6.45) is 0.237. The first kappa shape index (κ1) is 25.4. The lowest BCUT2D eigenvalue weighted by atomic mass is 9.57.